The summed E-state index contributed by atoms with van der Waals surface area (Å²) in [6.45, 7) is 3.74. The Balaban J connectivity index is 1.39. The molecular weight excluding hydrogens is 469 g/mol. The highest BCUT2D eigenvalue weighted by Gasteiger charge is 2.24. The van der Waals surface area contributed by atoms with Crippen molar-refractivity contribution in [2.75, 3.05) is 36.4 Å². The molecule has 3 aromatic rings. The van der Waals surface area contributed by atoms with Gasteiger partial charge in [0.1, 0.15) is 11.6 Å². The molecule has 0 aliphatic carbocycles. The van der Waals surface area contributed by atoms with Gasteiger partial charge in [-0.05, 0) is 85.5 Å². The van der Waals surface area contributed by atoms with Crippen molar-refractivity contribution in [2.45, 2.75) is 18.2 Å². The van der Waals surface area contributed by atoms with Gasteiger partial charge in [0.05, 0.1) is 12.0 Å². The van der Waals surface area contributed by atoms with Gasteiger partial charge in [-0.1, -0.05) is 6.07 Å². The van der Waals surface area contributed by atoms with E-state index in [-0.39, 0.29) is 28.1 Å². The summed E-state index contributed by atoms with van der Waals surface area (Å²) >= 11 is 0. The summed E-state index contributed by atoms with van der Waals surface area (Å²) in [6.07, 6.45) is 0.900. The second kappa shape index (κ2) is 10.4. The first-order valence-corrected chi connectivity index (χ1v) is 12.8. The van der Waals surface area contributed by atoms with Crippen LogP contribution in [0, 0.1) is 18.7 Å². The Hall–Kier alpha value is -3.59. The third kappa shape index (κ3) is 5.92. The van der Waals surface area contributed by atoms with Crippen LogP contribution < -0.4 is 19.7 Å². The molecule has 9 heteroatoms. The van der Waals surface area contributed by atoms with Crippen LogP contribution in [0.25, 0.3) is 0 Å². The number of halogens is 1. The van der Waals surface area contributed by atoms with E-state index in [9.17, 15) is 17.6 Å². The number of carbonyl (C=O) groups is 1. The maximum Gasteiger partial charge on any atom is 0.262 e. The zero-order valence-corrected chi connectivity index (χ0v) is 20.4. The van der Waals surface area contributed by atoms with Crippen LogP contribution in [0.5, 0.6) is 5.75 Å². The molecule has 0 aromatic heterocycles. The maximum absolute atomic E-state index is 13.2. The lowest BCUT2D eigenvalue weighted by atomic mass is 10.1. The van der Waals surface area contributed by atoms with Crippen molar-refractivity contribution in [2.24, 2.45) is 5.92 Å². The monoisotopic (exact) mass is 497 g/mol. The van der Waals surface area contributed by atoms with E-state index in [0.29, 0.717) is 23.5 Å². The number of aryl methyl sites for hydroxylation is 1. The van der Waals surface area contributed by atoms with Gasteiger partial charge in [-0.25, -0.2) is 12.8 Å². The molecular formula is C26H28FN3O4S. The van der Waals surface area contributed by atoms with Gasteiger partial charge in [-0.2, -0.15) is 0 Å². The minimum atomic E-state index is -3.90. The third-order valence-electron chi connectivity index (χ3n) is 6.11. The second-order valence-electron chi connectivity index (χ2n) is 8.60. The number of sulfonamides is 1. The molecule has 0 radical (unpaired) electrons. The van der Waals surface area contributed by atoms with Crippen LogP contribution in [0.1, 0.15) is 22.3 Å². The fraction of sp³-hybridized carbons (Fsp3) is 0.269. The lowest BCUT2D eigenvalue weighted by Gasteiger charge is -2.19. The molecule has 1 aliphatic heterocycles. The summed E-state index contributed by atoms with van der Waals surface area (Å²) in [7, 11) is -2.36. The maximum atomic E-state index is 13.2. The molecule has 1 unspecified atom stereocenters. The standard InChI is InChI=1S/C26H28FN3O4S/c1-18-3-4-20(15-25(18)35(32,33)29-22-7-11-24(34-2)12-8-22)26(31)28-16-19-13-14-30(17-19)23-9-5-21(27)6-10-23/h3-12,15,19,29H,13-14,16-17H2,1-2H3,(H,28,31). The molecule has 0 saturated carbocycles. The predicted octanol–water partition coefficient (Wildman–Crippen LogP) is 4.20. The first-order chi connectivity index (χ1) is 16.7. The minimum Gasteiger partial charge on any atom is -0.497 e. The van der Waals surface area contributed by atoms with Crippen molar-refractivity contribution in [3.8, 4) is 5.75 Å². The Morgan fingerprint density at radius 2 is 1.80 bits per heavy atom. The molecule has 0 bridgehead atoms. The van der Waals surface area contributed by atoms with Gasteiger partial charge in [0.15, 0.2) is 0 Å². The Labute approximate surface area is 205 Å². The van der Waals surface area contributed by atoms with Gasteiger partial charge < -0.3 is 15.0 Å². The number of nitrogens with one attached hydrogen (secondary N) is 2. The van der Waals surface area contributed by atoms with Crippen LogP contribution in [0.15, 0.2) is 71.6 Å². The van der Waals surface area contributed by atoms with Gasteiger partial charge in [0.2, 0.25) is 0 Å². The topological polar surface area (TPSA) is 87.7 Å². The Bertz CT molecular complexity index is 1300. The summed E-state index contributed by atoms with van der Waals surface area (Å²) in [5.74, 6) is 0.266. The fourth-order valence-electron chi connectivity index (χ4n) is 4.12. The SMILES string of the molecule is COc1ccc(NS(=O)(=O)c2cc(C(=O)NCC3CCN(c4ccc(F)cc4)C3)ccc2C)cc1. The first-order valence-electron chi connectivity index (χ1n) is 11.3. The number of ether oxygens (including phenoxy) is 1. The van der Waals surface area contributed by atoms with Crippen molar-refractivity contribution >= 4 is 27.3 Å². The van der Waals surface area contributed by atoms with Crippen molar-refractivity contribution in [3.05, 3.63) is 83.7 Å². The third-order valence-corrected chi connectivity index (χ3v) is 7.63. The number of nitrogens with zero attached hydrogens (tertiary/aromatic N) is 1. The largest absolute Gasteiger partial charge is 0.497 e. The number of hydrogen-bond acceptors (Lipinski definition) is 5. The molecule has 1 heterocycles. The first kappa shape index (κ1) is 24.5. The van der Waals surface area contributed by atoms with Gasteiger partial charge >= 0.3 is 0 Å². The van der Waals surface area contributed by atoms with E-state index in [1.807, 2.05) is 0 Å². The van der Waals surface area contributed by atoms with Gasteiger partial charge in [0.25, 0.3) is 15.9 Å². The average Bonchev–Trinajstić information content (AvgIpc) is 3.32. The predicted molar refractivity (Wildman–Crippen MR) is 134 cm³/mol. The lowest BCUT2D eigenvalue weighted by molar-refractivity contribution is 0.0948. The number of anilines is 2. The van der Waals surface area contributed by atoms with Crippen LogP contribution in [0.4, 0.5) is 15.8 Å². The highest BCUT2D eigenvalue weighted by atomic mass is 32.2. The molecule has 4 rings (SSSR count). The van der Waals surface area contributed by atoms with Crippen molar-refractivity contribution in [3.63, 3.8) is 0 Å². The molecule has 1 fully saturated rings. The van der Waals surface area contributed by atoms with Crippen LogP contribution in [-0.2, 0) is 10.0 Å². The summed E-state index contributed by atoms with van der Waals surface area (Å²) in [4.78, 5) is 15.0. The second-order valence-corrected chi connectivity index (χ2v) is 10.3. The molecule has 3 aromatic carbocycles. The van der Waals surface area contributed by atoms with Crippen molar-refractivity contribution in [1.29, 1.82) is 0 Å². The van der Waals surface area contributed by atoms with E-state index in [2.05, 4.69) is 14.9 Å². The normalized spacial score (nSPS) is 15.6. The zero-order chi connectivity index (χ0) is 25.0. The van der Waals surface area contributed by atoms with E-state index in [1.54, 1.807) is 55.5 Å². The zero-order valence-electron chi connectivity index (χ0n) is 19.6. The molecule has 184 valence electrons. The summed E-state index contributed by atoms with van der Waals surface area (Å²) in [6, 6.07) is 17.6. The quantitative estimate of drug-likeness (QED) is 0.487. The molecule has 1 saturated heterocycles. The van der Waals surface area contributed by atoms with E-state index in [4.69, 9.17) is 4.74 Å². The molecule has 7 nitrogen and oxygen atoms in total. The number of carbonyl (C=O) groups excluding carboxylic acids is 1. The Morgan fingerprint density at radius 1 is 1.09 bits per heavy atom. The van der Waals surface area contributed by atoms with Crippen LogP contribution >= 0.6 is 0 Å². The number of hydrogen-bond donors (Lipinski definition) is 2. The number of methoxy groups -OCH3 is 1. The van der Waals surface area contributed by atoms with E-state index < -0.39 is 10.0 Å². The molecule has 1 amide bonds. The number of benzene rings is 3. The average molecular weight is 498 g/mol. The van der Waals surface area contributed by atoms with E-state index in [0.717, 1.165) is 25.2 Å². The lowest BCUT2D eigenvalue weighted by Crippen LogP contribution is -2.31. The highest BCUT2D eigenvalue weighted by Crippen LogP contribution is 2.25. The van der Waals surface area contributed by atoms with E-state index in [1.165, 1.54) is 25.3 Å². The highest BCUT2D eigenvalue weighted by molar-refractivity contribution is 7.92. The van der Waals surface area contributed by atoms with Crippen molar-refractivity contribution in [1.82, 2.24) is 5.32 Å². The molecule has 0 spiro atoms. The Kier molecular flexibility index (Phi) is 7.25. The van der Waals surface area contributed by atoms with Crippen LogP contribution in [0.2, 0.25) is 0 Å². The molecule has 1 atom stereocenters. The fourth-order valence-corrected chi connectivity index (χ4v) is 5.46. The summed E-state index contributed by atoms with van der Waals surface area (Å²) < 4.78 is 46.8. The number of rotatable bonds is 8. The van der Waals surface area contributed by atoms with Crippen LogP contribution in [0.3, 0.4) is 0 Å². The summed E-state index contributed by atoms with van der Waals surface area (Å²) in [5, 5.41) is 2.93. The number of amides is 1. The van der Waals surface area contributed by atoms with Crippen molar-refractivity contribution < 1.29 is 22.3 Å². The molecule has 1 aliphatic rings. The molecule has 2 N–H and O–H groups in total. The molecule has 35 heavy (non-hydrogen) atoms. The Morgan fingerprint density at radius 3 is 2.49 bits per heavy atom. The van der Waals surface area contributed by atoms with Gasteiger partial charge in [-0.3, -0.25) is 9.52 Å². The smallest absolute Gasteiger partial charge is 0.262 e. The van der Waals surface area contributed by atoms with E-state index >= 15 is 0 Å². The van der Waals surface area contributed by atoms with Gasteiger partial charge in [-0.15, -0.1) is 0 Å². The minimum absolute atomic E-state index is 0.0457. The van der Waals surface area contributed by atoms with Crippen LogP contribution in [-0.4, -0.2) is 41.1 Å². The summed E-state index contributed by atoms with van der Waals surface area (Å²) in [5.41, 5.74) is 2.16. The van der Waals surface area contributed by atoms with Gasteiger partial charge in [0, 0.05) is 36.6 Å².